The predicted molar refractivity (Wildman–Crippen MR) is 70.7 cm³/mol. The first-order valence-corrected chi connectivity index (χ1v) is 5.56. The van der Waals surface area contributed by atoms with Gasteiger partial charge in [-0.1, -0.05) is 6.07 Å². The maximum Gasteiger partial charge on any atom is 0.259 e. The van der Waals surface area contributed by atoms with Crippen molar-refractivity contribution in [2.24, 2.45) is 0 Å². The monoisotopic (exact) mass is 242 g/mol. The van der Waals surface area contributed by atoms with E-state index in [9.17, 15) is 4.79 Å². The number of anilines is 2. The van der Waals surface area contributed by atoms with Crippen LogP contribution in [0.5, 0.6) is 0 Å². The Bertz CT molecular complexity index is 551. The molecule has 2 heterocycles. The molecule has 0 spiro atoms. The summed E-state index contributed by atoms with van der Waals surface area (Å²) in [7, 11) is 1.75. The van der Waals surface area contributed by atoms with Crippen molar-refractivity contribution in [1.82, 2.24) is 9.97 Å². The molecule has 0 saturated heterocycles. The predicted octanol–water partition coefficient (Wildman–Crippen LogP) is 2.08. The van der Waals surface area contributed by atoms with E-state index in [0.717, 1.165) is 5.56 Å². The Morgan fingerprint density at radius 1 is 1.22 bits per heavy atom. The number of hydrogen-bond acceptors (Lipinski definition) is 4. The number of hydrogen-bond donors (Lipinski definition) is 2. The minimum Gasteiger partial charge on any atom is -0.386 e. The summed E-state index contributed by atoms with van der Waals surface area (Å²) in [6.07, 6.45) is 4.90. The number of carbonyl (C=O) groups is 1. The molecule has 5 nitrogen and oxygen atoms in total. The number of nitrogens with one attached hydrogen (secondary N) is 2. The summed E-state index contributed by atoms with van der Waals surface area (Å²) < 4.78 is 0. The van der Waals surface area contributed by atoms with Crippen molar-refractivity contribution in [3.63, 3.8) is 0 Å². The van der Waals surface area contributed by atoms with Crippen molar-refractivity contribution in [3.05, 3.63) is 47.9 Å². The van der Waals surface area contributed by atoms with Gasteiger partial charge >= 0.3 is 0 Å². The van der Waals surface area contributed by atoms with E-state index in [4.69, 9.17) is 0 Å². The minimum absolute atomic E-state index is 0.210. The molecule has 2 aromatic heterocycles. The summed E-state index contributed by atoms with van der Waals surface area (Å²) in [5, 5.41) is 5.67. The molecule has 2 rings (SSSR count). The third-order valence-corrected chi connectivity index (χ3v) is 2.49. The van der Waals surface area contributed by atoms with Gasteiger partial charge in [-0.3, -0.25) is 9.78 Å². The van der Waals surface area contributed by atoms with Crippen molar-refractivity contribution in [3.8, 4) is 0 Å². The topological polar surface area (TPSA) is 66.9 Å². The lowest BCUT2D eigenvalue weighted by molar-refractivity contribution is 0.102. The molecule has 0 aliphatic heterocycles. The lowest BCUT2D eigenvalue weighted by Crippen LogP contribution is -2.15. The molecule has 0 aliphatic rings. The van der Waals surface area contributed by atoms with Crippen LogP contribution in [-0.4, -0.2) is 22.9 Å². The van der Waals surface area contributed by atoms with Crippen LogP contribution in [0, 0.1) is 6.92 Å². The average Bonchev–Trinajstić information content (AvgIpc) is 2.41. The minimum atomic E-state index is -0.210. The number of pyridine rings is 2. The summed E-state index contributed by atoms with van der Waals surface area (Å²) in [6, 6.07) is 5.33. The van der Waals surface area contributed by atoms with Crippen LogP contribution in [0.25, 0.3) is 0 Å². The summed E-state index contributed by atoms with van der Waals surface area (Å²) in [5.74, 6) is 0.322. The molecule has 1 amide bonds. The number of aromatic nitrogens is 2. The van der Waals surface area contributed by atoms with Gasteiger partial charge in [-0.15, -0.1) is 0 Å². The van der Waals surface area contributed by atoms with E-state index in [2.05, 4.69) is 20.6 Å². The molecule has 18 heavy (non-hydrogen) atoms. The molecule has 0 radical (unpaired) electrons. The van der Waals surface area contributed by atoms with Gasteiger partial charge in [0.2, 0.25) is 0 Å². The first-order valence-electron chi connectivity index (χ1n) is 5.56. The Balaban J connectivity index is 2.19. The summed E-state index contributed by atoms with van der Waals surface area (Å²) >= 11 is 0. The lowest BCUT2D eigenvalue weighted by atomic mass is 10.2. The van der Waals surface area contributed by atoms with E-state index in [1.165, 1.54) is 0 Å². The highest BCUT2D eigenvalue weighted by atomic mass is 16.1. The molecule has 0 aliphatic carbocycles. The smallest absolute Gasteiger partial charge is 0.259 e. The van der Waals surface area contributed by atoms with Gasteiger partial charge in [0.15, 0.2) is 0 Å². The lowest BCUT2D eigenvalue weighted by Gasteiger charge is -2.08. The van der Waals surface area contributed by atoms with Gasteiger partial charge in [0.1, 0.15) is 5.82 Å². The third-order valence-electron chi connectivity index (χ3n) is 2.49. The van der Waals surface area contributed by atoms with Crippen molar-refractivity contribution >= 4 is 17.4 Å². The first-order chi connectivity index (χ1) is 8.70. The van der Waals surface area contributed by atoms with Gasteiger partial charge in [-0.05, 0) is 24.6 Å². The molecule has 0 bridgehead atoms. The SMILES string of the molecule is CNc1cnccc1C(=O)Nc1ccc(C)cn1. The van der Waals surface area contributed by atoms with Gasteiger partial charge in [-0.25, -0.2) is 4.98 Å². The molecule has 0 atom stereocenters. The van der Waals surface area contributed by atoms with Gasteiger partial charge in [0.25, 0.3) is 5.91 Å². The second-order valence-electron chi connectivity index (χ2n) is 3.85. The van der Waals surface area contributed by atoms with Crippen LogP contribution in [0.2, 0.25) is 0 Å². The Hall–Kier alpha value is -2.43. The molecule has 0 fully saturated rings. The number of nitrogens with zero attached hydrogens (tertiary/aromatic N) is 2. The van der Waals surface area contributed by atoms with Crippen LogP contribution in [0.3, 0.4) is 0 Å². The van der Waals surface area contributed by atoms with Crippen LogP contribution in [0.1, 0.15) is 15.9 Å². The van der Waals surface area contributed by atoms with Gasteiger partial charge < -0.3 is 10.6 Å². The number of rotatable bonds is 3. The van der Waals surface area contributed by atoms with E-state index in [1.54, 1.807) is 37.8 Å². The molecule has 2 N–H and O–H groups in total. The van der Waals surface area contributed by atoms with Crippen molar-refractivity contribution in [2.45, 2.75) is 6.92 Å². The van der Waals surface area contributed by atoms with E-state index >= 15 is 0 Å². The third kappa shape index (κ3) is 2.63. The highest BCUT2D eigenvalue weighted by Crippen LogP contribution is 2.14. The standard InChI is InChI=1S/C13H14N4O/c1-9-3-4-12(16-7-9)17-13(18)10-5-6-15-8-11(10)14-2/h3-8,14H,1-2H3,(H,16,17,18). The Morgan fingerprint density at radius 3 is 2.72 bits per heavy atom. The van der Waals surface area contributed by atoms with Crippen LogP contribution in [-0.2, 0) is 0 Å². The van der Waals surface area contributed by atoms with Crippen molar-refractivity contribution < 1.29 is 4.79 Å². The molecule has 0 saturated carbocycles. The van der Waals surface area contributed by atoms with E-state index < -0.39 is 0 Å². The molecule has 2 aromatic rings. The fraction of sp³-hybridized carbons (Fsp3) is 0.154. The molecule has 92 valence electrons. The summed E-state index contributed by atoms with van der Waals surface area (Å²) in [6.45, 7) is 1.95. The molecular formula is C13H14N4O. The van der Waals surface area contributed by atoms with E-state index in [1.807, 2.05) is 13.0 Å². The largest absolute Gasteiger partial charge is 0.386 e. The van der Waals surface area contributed by atoms with Crippen LogP contribution >= 0.6 is 0 Å². The van der Waals surface area contributed by atoms with Crippen LogP contribution in [0.4, 0.5) is 11.5 Å². The van der Waals surface area contributed by atoms with Crippen LogP contribution in [0.15, 0.2) is 36.8 Å². The quantitative estimate of drug-likeness (QED) is 0.864. The molecule has 0 aromatic carbocycles. The van der Waals surface area contributed by atoms with Gasteiger partial charge in [0, 0.05) is 19.4 Å². The zero-order valence-corrected chi connectivity index (χ0v) is 10.3. The van der Waals surface area contributed by atoms with Crippen LogP contribution < -0.4 is 10.6 Å². The number of aryl methyl sites for hydroxylation is 1. The Labute approximate surface area is 105 Å². The number of carbonyl (C=O) groups excluding carboxylic acids is 1. The molecule has 0 unspecified atom stereocenters. The van der Waals surface area contributed by atoms with Gasteiger partial charge in [0.05, 0.1) is 17.4 Å². The fourth-order valence-electron chi connectivity index (χ4n) is 1.52. The highest BCUT2D eigenvalue weighted by molar-refractivity contribution is 6.07. The second kappa shape index (κ2) is 5.27. The zero-order valence-electron chi connectivity index (χ0n) is 10.3. The zero-order chi connectivity index (χ0) is 13.0. The van der Waals surface area contributed by atoms with Crippen molar-refractivity contribution in [2.75, 3.05) is 17.7 Å². The maximum absolute atomic E-state index is 12.1. The highest BCUT2D eigenvalue weighted by Gasteiger charge is 2.10. The van der Waals surface area contributed by atoms with Crippen molar-refractivity contribution in [1.29, 1.82) is 0 Å². The summed E-state index contributed by atoms with van der Waals surface area (Å²) in [5.41, 5.74) is 2.27. The summed E-state index contributed by atoms with van der Waals surface area (Å²) in [4.78, 5) is 20.2. The Morgan fingerprint density at radius 2 is 2.06 bits per heavy atom. The maximum atomic E-state index is 12.1. The van der Waals surface area contributed by atoms with E-state index in [-0.39, 0.29) is 5.91 Å². The Kier molecular flexibility index (Phi) is 3.52. The second-order valence-corrected chi connectivity index (χ2v) is 3.85. The van der Waals surface area contributed by atoms with E-state index in [0.29, 0.717) is 17.1 Å². The average molecular weight is 242 g/mol. The number of amides is 1. The fourth-order valence-corrected chi connectivity index (χ4v) is 1.52. The molecule has 5 heteroatoms. The first kappa shape index (κ1) is 12.0. The van der Waals surface area contributed by atoms with Gasteiger partial charge in [-0.2, -0.15) is 0 Å². The molecular weight excluding hydrogens is 228 g/mol. The normalized spacial score (nSPS) is 9.89.